The minimum atomic E-state index is -0.702. The molecule has 0 aromatic carbocycles. The van der Waals surface area contributed by atoms with Gasteiger partial charge in [0.25, 0.3) is 0 Å². The molecule has 0 spiro atoms. The average Bonchev–Trinajstić information content (AvgIpc) is 2.07. The van der Waals surface area contributed by atoms with Crippen LogP contribution in [-0.4, -0.2) is 27.5 Å². The highest BCUT2D eigenvalue weighted by molar-refractivity contribution is 5.88. The summed E-state index contributed by atoms with van der Waals surface area (Å²) < 4.78 is 0. The van der Waals surface area contributed by atoms with Crippen molar-refractivity contribution in [3.8, 4) is 0 Å². The predicted octanol–water partition coefficient (Wildman–Crippen LogP) is -1.05. The van der Waals surface area contributed by atoms with Crippen molar-refractivity contribution in [2.75, 3.05) is 0 Å². The zero-order valence-electron chi connectivity index (χ0n) is 7.21. The van der Waals surface area contributed by atoms with Crippen LogP contribution in [0.25, 0.3) is 0 Å². The molecular weight excluding hydrogens is 176 g/mol. The molecule has 0 radical (unpaired) electrons. The fraction of sp³-hybridized carbons (Fsp3) is 0.625. The van der Waals surface area contributed by atoms with Crippen LogP contribution in [-0.2, 0) is 4.79 Å². The zero-order valence-corrected chi connectivity index (χ0v) is 7.21. The molecule has 2 unspecified atom stereocenters. The lowest BCUT2D eigenvalue weighted by Gasteiger charge is -2.31. The SMILES string of the molecule is O.O.O.O=C(O)C1=CCC2CCC12. The van der Waals surface area contributed by atoms with E-state index in [0.29, 0.717) is 17.4 Å². The van der Waals surface area contributed by atoms with Gasteiger partial charge in [-0.15, -0.1) is 0 Å². The van der Waals surface area contributed by atoms with Crippen LogP contribution < -0.4 is 0 Å². The number of fused-ring (bicyclic) bond motifs is 1. The molecule has 0 aromatic rings. The van der Waals surface area contributed by atoms with Crippen molar-refractivity contribution in [2.45, 2.75) is 19.3 Å². The van der Waals surface area contributed by atoms with E-state index in [4.69, 9.17) is 5.11 Å². The molecule has 2 rings (SSSR count). The Labute approximate surface area is 76.0 Å². The number of carboxylic acid groups (broad SMARTS) is 1. The van der Waals surface area contributed by atoms with E-state index in [1.54, 1.807) is 0 Å². The van der Waals surface area contributed by atoms with E-state index in [9.17, 15) is 4.79 Å². The fourth-order valence-electron chi connectivity index (χ4n) is 1.94. The summed E-state index contributed by atoms with van der Waals surface area (Å²) in [4.78, 5) is 10.5. The zero-order chi connectivity index (χ0) is 7.14. The Kier molecular flexibility index (Phi) is 5.57. The van der Waals surface area contributed by atoms with Gasteiger partial charge in [0.15, 0.2) is 0 Å². The largest absolute Gasteiger partial charge is 0.478 e. The van der Waals surface area contributed by atoms with Crippen molar-refractivity contribution in [3.63, 3.8) is 0 Å². The summed E-state index contributed by atoms with van der Waals surface area (Å²) in [6.07, 6.45) is 5.23. The number of aliphatic carboxylic acids is 1. The molecule has 78 valence electrons. The van der Waals surface area contributed by atoms with Gasteiger partial charge in [0.1, 0.15) is 0 Å². The van der Waals surface area contributed by atoms with Crippen molar-refractivity contribution in [2.24, 2.45) is 11.8 Å². The van der Waals surface area contributed by atoms with Gasteiger partial charge in [0.05, 0.1) is 0 Å². The number of rotatable bonds is 1. The third kappa shape index (κ3) is 2.06. The van der Waals surface area contributed by atoms with Crippen LogP contribution in [0.2, 0.25) is 0 Å². The molecule has 7 N–H and O–H groups in total. The van der Waals surface area contributed by atoms with E-state index < -0.39 is 5.97 Å². The first-order valence-electron chi connectivity index (χ1n) is 3.72. The van der Waals surface area contributed by atoms with Crippen LogP contribution in [0, 0.1) is 11.8 Å². The van der Waals surface area contributed by atoms with Crippen LogP contribution in [0.15, 0.2) is 11.6 Å². The molecule has 0 saturated heterocycles. The second kappa shape index (κ2) is 4.96. The first kappa shape index (κ1) is 14.6. The Morgan fingerprint density at radius 1 is 1.31 bits per heavy atom. The first-order valence-corrected chi connectivity index (χ1v) is 3.72. The lowest BCUT2D eigenvalue weighted by Crippen LogP contribution is -2.25. The van der Waals surface area contributed by atoms with Crippen molar-refractivity contribution in [3.05, 3.63) is 11.6 Å². The molecule has 0 amide bonds. The molecule has 5 heteroatoms. The summed E-state index contributed by atoms with van der Waals surface area (Å²) in [5.41, 5.74) is 0.677. The molecule has 0 aliphatic heterocycles. The maximum atomic E-state index is 10.5. The van der Waals surface area contributed by atoms with Crippen molar-refractivity contribution >= 4 is 5.97 Å². The number of carbonyl (C=O) groups is 1. The number of hydrogen-bond donors (Lipinski definition) is 1. The average molecular weight is 192 g/mol. The van der Waals surface area contributed by atoms with Gasteiger partial charge in [-0.1, -0.05) is 6.08 Å². The summed E-state index contributed by atoms with van der Waals surface area (Å²) in [6, 6.07) is 0. The predicted molar refractivity (Wildman–Crippen MR) is 47.4 cm³/mol. The van der Waals surface area contributed by atoms with Crippen LogP contribution in [0.5, 0.6) is 0 Å². The van der Waals surface area contributed by atoms with Gasteiger partial charge in [0.2, 0.25) is 0 Å². The topological polar surface area (TPSA) is 132 Å². The van der Waals surface area contributed by atoms with Crippen LogP contribution >= 0.6 is 0 Å². The van der Waals surface area contributed by atoms with E-state index in [1.807, 2.05) is 6.08 Å². The van der Waals surface area contributed by atoms with Gasteiger partial charge in [-0.3, -0.25) is 0 Å². The van der Waals surface area contributed by atoms with Gasteiger partial charge >= 0.3 is 5.97 Å². The second-order valence-electron chi connectivity index (χ2n) is 3.14. The highest BCUT2D eigenvalue weighted by Crippen LogP contribution is 2.46. The molecule has 0 heterocycles. The number of hydrogen-bond acceptors (Lipinski definition) is 1. The van der Waals surface area contributed by atoms with Gasteiger partial charge in [-0.05, 0) is 31.1 Å². The van der Waals surface area contributed by atoms with Crippen LogP contribution in [0.1, 0.15) is 19.3 Å². The van der Waals surface area contributed by atoms with Gasteiger partial charge in [-0.25, -0.2) is 4.79 Å². The molecule has 1 fully saturated rings. The van der Waals surface area contributed by atoms with E-state index in [-0.39, 0.29) is 16.4 Å². The van der Waals surface area contributed by atoms with Gasteiger partial charge in [-0.2, -0.15) is 0 Å². The highest BCUT2D eigenvalue weighted by atomic mass is 16.4. The molecule has 0 aromatic heterocycles. The molecular formula is C8H16O5. The van der Waals surface area contributed by atoms with Crippen LogP contribution in [0.3, 0.4) is 0 Å². The van der Waals surface area contributed by atoms with Crippen molar-refractivity contribution in [1.82, 2.24) is 0 Å². The maximum Gasteiger partial charge on any atom is 0.331 e. The molecule has 1 saturated carbocycles. The Morgan fingerprint density at radius 2 is 1.92 bits per heavy atom. The quantitative estimate of drug-likeness (QED) is 0.568. The highest BCUT2D eigenvalue weighted by Gasteiger charge is 2.39. The normalized spacial score (nSPS) is 27.8. The molecule has 0 bridgehead atoms. The smallest absolute Gasteiger partial charge is 0.331 e. The third-order valence-electron chi connectivity index (χ3n) is 2.70. The maximum absolute atomic E-state index is 10.5. The molecule has 2 aliphatic rings. The molecule has 2 aliphatic carbocycles. The Bertz CT molecular complexity index is 211. The van der Waals surface area contributed by atoms with Crippen molar-refractivity contribution < 1.29 is 26.3 Å². The summed E-state index contributed by atoms with van der Waals surface area (Å²) >= 11 is 0. The monoisotopic (exact) mass is 192 g/mol. The number of allylic oxidation sites excluding steroid dienone is 1. The Hall–Kier alpha value is -0.910. The lowest BCUT2D eigenvalue weighted by molar-refractivity contribution is -0.133. The second-order valence-corrected chi connectivity index (χ2v) is 3.14. The Balaban J connectivity index is 0. The third-order valence-corrected chi connectivity index (χ3v) is 2.70. The first-order chi connectivity index (χ1) is 4.79. The Morgan fingerprint density at radius 3 is 2.15 bits per heavy atom. The number of carboxylic acids is 1. The van der Waals surface area contributed by atoms with E-state index >= 15 is 0 Å². The summed E-state index contributed by atoms with van der Waals surface area (Å²) in [6.45, 7) is 0. The van der Waals surface area contributed by atoms with Crippen LogP contribution in [0.4, 0.5) is 0 Å². The molecule has 13 heavy (non-hydrogen) atoms. The fourth-order valence-corrected chi connectivity index (χ4v) is 1.94. The summed E-state index contributed by atoms with van der Waals surface area (Å²) in [7, 11) is 0. The molecule has 2 atom stereocenters. The summed E-state index contributed by atoms with van der Waals surface area (Å²) in [5.74, 6) is 0.399. The molecule has 5 nitrogen and oxygen atoms in total. The van der Waals surface area contributed by atoms with E-state index in [0.717, 1.165) is 12.8 Å². The van der Waals surface area contributed by atoms with E-state index in [1.165, 1.54) is 6.42 Å². The van der Waals surface area contributed by atoms with Gasteiger partial charge in [0, 0.05) is 5.57 Å². The lowest BCUT2D eigenvalue weighted by atomic mass is 9.73. The van der Waals surface area contributed by atoms with Gasteiger partial charge < -0.3 is 21.5 Å². The summed E-state index contributed by atoms with van der Waals surface area (Å²) in [5, 5.41) is 8.67. The van der Waals surface area contributed by atoms with E-state index in [2.05, 4.69) is 0 Å². The van der Waals surface area contributed by atoms with Crippen molar-refractivity contribution in [1.29, 1.82) is 0 Å². The minimum absolute atomic E-state index is 0. The standard InChI is InChI=1S/C8H10O2.3H2O/c9-8(10)7-4-2-5-1-3-6(5)7;;;/h4-6H,1-3H2,(H,9,10);3*1H2. The minimum Gasteiger partial charge on any atom is -0.478 e.